The second-order valence-corrected chi connectivity index (χ2v) is 7.18. The Labute approximate surface area is 170 Å². The molecule has 1 aliphatic heterocycles. The van der Waals surface area contributed by atoms with Gasteiger partial charge in [-0.3, -0.25) is 4.79 Å². The number of halogens is 1. The first-order valence-electron chi connectivity index (χ1n) is 9.37. The first kappa shape index (κ1) is 22.4. The molecule has 0 amide bonds. The molecule has 0 saturated carbocycles. The first-order valence-corrected chi connectivity index (χ1v) is 9.74. The third-order valence-corrected chi connectivity index (χ3v) is 4.69. The van der Waals surface area contributed by atoms with Crippen LogP contribution in [-0.4, -0.2) is 52.8 Å². The Morgan fingerprint density at radius 2 is 2.21 bits per heavy atom. The fourth-order valence-electron chi connectivity index (χ4n) is 2.94. The van der Waals surface area contributed by atoms with E-state index in [1.807, 2.05) is 12.2 Å². The molecule has 0 spiro atoms. The van der Waals surface area contributed by atoms with E-state index in [0.29, 0.717) is 30.0 Å². The minimum atomic E-state index is -0.812. The zero-order chi connectivity index (χ0) is 20.4. The van der Waals surface area contributed by atoms with Gasteiger partial charge in [0.15, 0.2) is 0 Å². The summed E-state index contributed by atoms with van der Waals surface area (Å²) in [5, 5.41) is 29.4. The summed E-state index contributed by atoms with van der Waals surface area (Å²) in [6.45, 7) is 0.335. The predicted molar refractivity (Wildman–Crippen MR) is 107 cm³/mol. The standard InChI is InChI=1S/C21H27ClO6/c22-15-6-5-7-17(12-15)27-13-16(23)10-11-20-18(19(24)14-28-20)8-3-1-2-4-9-21(25)26/h1,3,5-7,10-12,16,18-20,23-24H,2,4,8-9,13-14H2,(H,25,26)/b3-1+,11-10+. The van der Waals surface area contributed by atoms with Crippen LogP contribution < -0.4 is 4.74 Å². The summed E-state index contributed by atoms with van der Waals surface area (Å²) >= 11 is 5.89. The normalized spacial score (nSPS) is 23.5. The van der Waals surface area contributed by atoms with Crippen LogP contribution in [-0.2, 0) is 9.53 Å². The van der Waals surface area contributed by atoms with E-state index in [1.54, 1.807) is 36.4 Å². The summed E-state index contributed by atoms with van der Waals surface area (Å²) in [5.74, 6) is -0.317. The molecule has 1 heterocycles. The SMILES string of the molecule is O=C(O)CCC/C=C/CC1C(O)COC1/C=C/C(O)COc1cccc(Cl)c1. The van der Waals surface area contributed by atoms with Crippen molar-refractivity contribution in [2.45, 2.75) is 44.0 Å². The van der Waals surface area contributed by atoms with Crippen LogP contribution >= 0.6 is 11.6 Å². The number of unbranched alkanes of at least 4 members (excludes halogenated alkanes) is 1. The van der Waals surface area contributed by atoms with Crippen molar-refractivity contribution in [3.8, 4) is 5.75 Å². The van der Waals surface area contributed by atoms with Crippen LogP contribution in [0.15, 0.2) is 48.6 Å². The van der Waals surface area contributed by atoms with Crippen molar-refractivity contribution in [3.05, 3.63) is 53.6 Å². The first-order chi connectivity index (χ1) is 13.5. The molecule has 0 bridgehead atoms. The highest BCUT2D eigenvalue weighted by Gasteiger charge is 2.33. The average molecular weight is 411 g/mol. The molecule has 1 fully saturated rings. The molecule has 1 aromatic rings. The van der Waals surface area contributed by atoms with Gasteiger partial charge in [-0.2, -0.15) is 0 Å². The Balaban J connectivity index is 1.76. The number of rotatable bonds is 11. The quantitative estimate of drug-likeness (QED) is 0.383. The smallest absolute Gasteiger partial charge is 0.303 e. The van der Waals surface area contributed by atoms with E-state index < -0.39 is 18.2 Å². The lowest BCUT2D eigenvalue weighted by atomic mass is 9.94. The maximum atomic E-state index is 10.5. The van der Waals surface area contributed by atoms with Crippen LogP contribution in [0.25, 0.3) is 0 Å². The molecule has 4 unspecified atom stereocenters. The Kier molecular flexibility index (Phi) is 9.50. The highest BCUT2D eigenvalue weighted by molar-refractivity contribution is 6.30. The van der Waals surface area contributed by atoms with Crippen molar-refractivity contribution in [1.82, 2.24) is 0 Å². The van der Waals surface area contributed by atoms with Gasteiger partial charge in [-0.1, -0.05) is 42.0 Å². The maximum absolute atomic E-state index is 10.5. The van der Waals surface area contributed by atoms with Crippen molar-refractivity contribution in [1.29, 1.82) is 0 Å². The monoisotopic (exact) mass is 410 g/mol. The number of benzene rings is 1. The lowest BCUT2D eigenvalue weighted by molar-refractivity contribution is -0.137. The molecule has 28 heavy (non-hydrogen) atoms. The van der Waals surface area contributed by atoms with Crippen molar-refractivity contribution in [3.63, 3.8) is 0 Å². The molecule has 4 atom stereocenters. The fraction of sp³-hybridized carbons (Fsp3) is 0.476. The number of ether oxygens (including phenoxy) is 2. The van der Waals surface area contributed by atoms with Crippen LogP contribution in [0.3, 0.4) is 0 Å². The zero-order valence-corrected chi connectivity index (χ0v) is 16.4. The third-order valence-electron chi connectivity index (χ3n) is 4.45. The number of allylic oxidation sites excluding steroid dienone is 2. The fourth-order valence-corrected chi connectivity index (χ4v) is 3.12. The second-order valence-electron chi connectivity index (χ2n) is 6.74. The number of aliphatic hydroxyl groups is 2. The Morgan fingerprint density at radius 1 is 1.39 bits per heavy atom. The second kappa shape index (κ2) is 11.9. The molecule has 7 heteroatoms. The molecule has 0 aliphatic carbocycles. The van der Waals surface area contributed by atoms with Gasteiger partial charge in [0.2, 0.25) is 0 Å². The molecule has 0 aromatic heterocycles. The van der Waals surface area contributed by atoms with E-state index >= 15 is 0 Å². The number of hydrogen-bond donors (Lipinski definition) is 3. The number of carboxylic acid groups (broad SMARTS) is 1. The topological polar surface area (TPSA) is 96.2 Å². The zero-order valence-electron chi connectivity index (χ0n) is 15.6. The molecular weight excluding hydrogens is 384 g/mol. The molecule has 154 valence electrons. The number of aliphatic carboxylic acids is 1. The minimum Gasteiger partial charge on any atom is -0.491 e. The van der Waals surface area contributed by atoms with Gasteiger partial charge in [0.1, 0.15) is 18.5 Å². The van der Waals surface area contributed by atoms with Gasteiger partial charge in [-0.05, 0) is 37.5 Å². The summed E-state index contributed by atoms with van der Waals surface area (Å²) in [7, 11) is 0. The van der Waals surface area contributed by atoms with E-state index in [4.69, 9.17) is 26.2 Å². The van der Waals surface area contributed by atoms with Crippen LogP contribution in [0.5, 0.6) is 5.75 Å². The summed E-state index contributed by atoms with van der Waals surface area (Å²) in [6.07, 6.45) is 7.63. The van der Waals surface area contributed by atoms with E-state index in [-0.39, 0.29) is 31.7 Å². The Bertz CT molecular complexity index is 675. The Morgan fingerprint density at radius 3 is 2.96 bits per heavy atom. The van der Waals surface area contributed by atoms with E-state index in [9.17, 15) is 15.0 Å². The third kappa shape index (κ3) is 8.02. The van der Waals surface area contributed by atoms with Crippen molar-refractivity contribution < 1.29 is 29.6 Å². The van der Waals surface area contributed by atoms with Crippen molar-refractivity contribution >= 4 is 17.6 Å². The summed E-state index contributed by atoms with van der Waals surface area (Å²) in [4.78, 5) is 10.5. The van der Waals surface area contributed by atoms with Crippen LogP contribution in [0.2, 0.25) is 5.02 Å². The van der Waals surface area contributed by atoms with Gasteiger partial charge < -0.3 is 24.8 Å². The number of aliphatic hydroxyl groups excluding tert-OH is 2. The van der Waals surface area contributed by atoms with Gasteiger partial charge in [-0.25, -0.2) is 0 Å². The summed E-state index contributed by atoms with van der Waals surface area (Å²) in [6, 6.07) is 6.95. The molecule has 1 aromatic carbocycles. The number of carboxylic acids is 1. The molecule has 1 aliphatic rings. The summed E-state index contributed by atoms with van der Waals surface area (Å²) < 4.78 is 11.1. The highest BCUT2D eigenvalue weighted by atomic mass is 35.5. The number of carbonyl (C=O) groups is 1. The van der Waals surface area contributed by atoms with Gasteiger partial charge in [0.25, 0.3) is 0 Å². The Hall–Kier alpha value is -1.86. The van der Waals surface area contributed by atoms with E-state index in [2.05, 4.69) is 0 Å². The van der Waals surface area contributed by atoms with Gasteiger partial charge in [0.05, 0.1) is 18.8 Å². The molecular formula is C21H27ClO6. The van der Waals surface area contributed by atoms with Gasteiger partial charge >= 0.3 is 5.97 Å². The average Bonchev–Trinajstić information content (AvgIpc) is 3.01. The van der Waals surface area contributed by atoms with Crippen LogP contribution in [0, 0.1) is 5.92 Å². The lowest BCUT2D eigenvalue weighted by Crippen LogP contribution is -2.23. The molecule has 6 nitrogen and oxygen atoms in total. The molecule has 3 N–H and O–H groups in total. The van der Waals surface area contributed by atoms with Crippen molar-refractivity contribution in [2.75, 3.05) is 13.2 Å². The molecule has 0 radical (unpaired) electrons. The molecule has 1 saturated heterocycles. The maximum Gasteiger partial charge on any atom is 0.303 e. The van der Waals surface area contributed by atoms with E-state index in [0.717, 1.165) is 0 Å². The number of hydrogen-bond acceptors (Lipinski definition) is 5. The van der Waals surface area contributed by atoms with Crippen LogP contribution in [0.4, 0.5) is 0 Å². The minimum absolute atomic E-state index is 0.0836. The highest BCUT2D eigenvalue weighted by Crippen LogP contribution is 2.26. The van der Waals surface area contributed by atoms with Crippen LogP contribution in [0.1, 0.15) is 25.7 Å². The van der Waals surface area contributed by atoms with Crippen molar-refractivity contribution in [2.24, 2.45) is 5.92 Å². The predicted octanol–water partition coefficient (Wildman–Crippen LogP) is 3.21. The lowest BCUT2D eigenvalue weighted by Gasteiger charge is -2.16. The van der Waals surface area contributed by atoms with Gasteiger partial charge in [0, 0.05) is 17.4 Å². The van der Waals surface area contributed by atoms with E-state index in [1.165, 1.54) is 0 Å². The largest absolute Gasteiger partial charge is 0.491 e. The summed E-state index contributed by atoms with van der Waals surface area (Å²) in [5.41, 5.74) is 0. The molecule has 2 rings (SSSR count). The van der Waals surface area contributed by atoms with Gasteiger partial charge in [-0.15, -0.1) is 0 Å².